The van der Waals surface area contributed by atoms with Gasteiger partial charge in [0.1, 0.15) is 0 Å². The number of amides is 3. The summed E-state index contributed by atoms with van der Waals surface area (Å²) in [6.45, 7) is 4.62. The Morgan fingerprint density at radius 3 is 2.68 bits per heavy atom. The van der Waals surface area contributed by atoms with Gasteiger partial charge >= 0.3 is 6.03 Å². The zero-order valence-corrected chi connectivity index (χ0v) is 11.1. The average molecular weight is 265 g/mol. The predicted octanol–water partition coefficient (Wildman–Crippen LogP) is 1.04. The molecule has 0 aromatic carbocycles. The first kappa shape index (κ1) is 13.5. The smallest absolute Gasteiger partial charge is 0.317 e. The summed E-state index contributed by atoms with van der Waals surface area (Å²) < 4.78 is 4.94. The fourth-order valence-electron chi connectivity index (χ4n) is 2.12. The molecule has 0 bridgehead atoms. The van der Waals surface area contributed by atoms with Crippen LogP contribution in [-0.4, -0.2) is 47.9 Å². The summed E-state index contributed by atoms with van der Waals surface area (Å²) in [5, 5.41) is 2.85. The van der Waals surface area contributed by atoms with Gasteiger partial charge in [-0.25, -0.2) is 4.79 Å². The van der Waals surface area contributed by atoms with Crippen molar-refractivity contribution in [1.82, 2.24) is 15.1 Å². The molecule has 6 nitrogen and oxygen atoms in total. The van der Waals surface area contributed by atoms with Gasteiger partial charge in [0, 0.05) is 45.2 Å². The number of hydrogen-bond donors (Lipinski definition) is 1. The van der Waals surface area contributed by atoms with Crippen molar-refractivity contribution in [3.8, 4) is 0 Å². The quantitative estimate of drug-likeness (QED) is 0.869. The largest absolute Gasteiger partial charge is 0.472 e. The average Bonchev–Trinajstić information content (AvgIpc) is 2.77. The Kier molecular flexibility index (Phi) is 4.43. The molecule has 0 radical (unpaired) electrons. The molecule has 2 rings (SSSR count). The van der Waals surface area contributed by atoms with E-state index in [1.807, 2.05) is 6.07 Å². The normalized spacial score (nSPS) is 16.1. The number of carbonyl (C=O) groups is 2. The molecule has 1 fully saturated rings. The van der Waals surface area contributed by atoms with Crippen LogP contribution in [0, 0.1) is 0 Å². The number of rotatable bonds is 2. The molecule has 1 aromatic rings. The minimum atomic E-state index is -0.0911. The Morgan fingerprint density at radius 2 is 2.00 bits per heavy atom. The molecule has 0 spiro atoms. The Labute approximate surface area is 112 Å². The van der Waals surface area contributed by atoms with Gasteiger partial charge in [-0.2, -0.15) is 0 Å². The van der Waals surface area contributed by atoms with Crippen LogP contribution in [0.15, 0.2) is 23.0 Å². The number of urea groups is 1. The van der Waals surface area contributed by atoms with Crippen molar-refractivity contribution in [2.45, 2.75) is 19.9 Å². The number of hydrogen-bond acceptors (Lipinski definition) is 3. The summed E-state index contributed by atoms with van der Waals surface area (Å²) in [5.74, 6) is 0.0701. The molecule has 1 N–H and O–H groups in total. The molecule has 2 heterocycles. The number of furan rings is 1. The van der Waals surface area contributed by atoms with Crippen LogP contribution in [0.1, 0.15) is 18.9 Å². The van der Waals surface area contributed by atoms with Crippen LogP contribution in [0.25, 0.3) is 0 Å². The molecule has 3 amide bonds. The van der Waals surface area contributed by atoms with Gasteiger partial charge in [-0.3, -0.25) is 4.79 Å². The topological polar surface area (TPSA) is 65.8 Å². The zero-order chi connectivity index (χ0) is 13.7. The van der Waals surface area contributed by atoms with E-state index < -0.39 is 0 Å². The zero-order valence-electron chi connectivity index (χ0n) is 11.1. The van der Waals surface area contributed by atoms with Crippen LogP contribution in [0.2, 0.25) is 0 Å². The SMILES string of the molecule is CC(=O)N1CCCN(C(=O)NCc2ccoc2)CC1. The number of nitrogens with one attached hydrogen (secondary N) is 1. The molecule has 1 aliphatic rings. The number of carbonyl (C=O) groups excluding carboxylic acids is 2. The molecular weight excluding hydrogens is 246 g/mol. The van der Waals surface area contributed by atoms with Crippen molar-refractivity contribution in [2.24, 2.45) is 0 Å². The van der Waals surface area contributed by atoms with Gasteiger partial charge in [0.2, 0.25) is 5.91 Å². The summed E-state index contributed by atoms with van der Waals surface area (Å²) in [7, 11) is 0. The van der Waals surface area contributed by atoms with Gasteiger partial charge in [-0.1, -0.05) is 0 Å². The lowest BCUT2D eigenvalue weighted by molar-refractivity contribution is -0.128. The summed E-state index contributed by atoms with van der Waals surface area (Å²) in [6, 6.07) is 1.73. The van der Waals surface area contributed by atoms with Crippen molar-refractivity contribution >= 4 is 11.9 Å². The standard InChI is InChI=1S/C13H19N3O3/c1-11(17)15-4-2-5-16(7-6-15)13(18)14-9-12-3-8-19-10-12/h3,8,10H,2,4-7,9H2,1H3,(H,14,18). The molecule has 1 aromatic heterocycles. The molecule has 0 aliphatic carbocycles. The van der Waals surface area contributed by atoms with E-state index in [2.05, 4.69) is 5.32 Å². The third-order valence-electron chi connectivity index (χ3n) is 3.25. The van der Waals surface area contributed by atoms with Gasteiger partial charge in [-0.15, -0.1) is 0 Å². The van der Waals surface area contributed by atoms with Crippen molar-refractivity contribution in [1.29, 1.82) is 0 Å². The molecule has 0 unspecified atom stereocenters. The summed E-state index contributed by atoms with van der Waals surface area (Å²) >= 11 is 0. The van der Waals surface area contributed by atoms with Crippen LogP contribution in [0.4, 0.5) is 4.79 Å². The van der Waals surface area contributed by atoms with E-state index in [9.17, 15) is 9.59 Å². The first-order valence-corrected chi connectivity index (χ1v) is 6.46. The molecule has 0 saturated carbocycles. The maximum absolute atomic E-state index is 12.0. The van der Waals surface area contributed by atoms with E-state index in [-0.39, 0.29) is 11.9 Å². The third kappa shape index (κ3) is 3.74. The second kappa shape index (κ2) is 6.26. The second-order valence-corrected chi connectivity index (χ2v) is 4.64. The van der Waals surface area contributed by atoms with Gasteiger partial charge in [0.15, 0.2) is 0 Å². The highest BCUT2D eigenvalue weighted by Gasteiger charge is 2.19. The van der Waals surface area contributed by atoms with Crippen molar-refractivity contribution in [3.05, 3.63) is 24.2 Å². The fraction of sp³-hybridized carbons (Fsp3) is 0.538. The first-order valence-electron chi connectivity index (χ1n) is 6.46. The molecular formula is C13H19N3O3. The van der Waals surface area contributed by atoms with Crippen LogP contribution in [0.3, 0.4) is 0 Å². The molecule has 104 valence electrons. The Morgan fingerprint density at radius 1 is 1.26 bits per heavy atom. The Hall–Kier alpha value is -1.98. The maximum atomic E-state index is 12.0. The van der Waals surface area contributed by atoms with Gasteiger partial charge in [0.25, 0.3) is 0 Å². The van der Waals surface area contributed by atoms with Crippen LogP contribution >= 0.6 is 0 Å². The molecule has 1 aliphatic heterocycles. The van der Waals surface area contributed by atoms with Crippen LogP contribution in [-0.2, 0) is 11.3 Å². The molecule has 0 atom stereocenters. The van der Waals surface area contributed by atoms with E-state index in [1.54, 1.807) is 29.2 Å². The third-order valence-corrected chi connectivity index (χ3v) is 3.25. The lowest BCUT2D eigenvalue weighted by atomic mass is 10.3. The summed E-state index contributed by atoms with van der Waals surface area (Å²) in [6.07, 6.45) is 4.01. The van der Waals surface area contributed by atoms with Gasteiger partial charge < -0.3 is 19.5 Å². The summed E-state index contributed by atoms with van der Waals surface area (Å²) in [5.41, 5.74) is 0.938. The second-order valence-electron chi connectivity index (χ2n) is 4.64. The van der Waals surface area contributed by atoms with Crippen LogP contribution in [0.5, 0.6) is 0 Å². The van der Waals surface area contributed by atoms with Crippen molar-refractivity contribution in [2.75, 3.05) is 26.2 Å². The highest BCUT2D eigenvalue weighted by molar-refractivity contribution is 5.75. The minimum Gasteiger partial charge on any atom is -0.472 e. The minimum absolute atomic E-state index is 0.0701. The van der Waals surface area contributed by atoms with Gasteiger partial charge in [0.05, 0.1) is 12.5 Å². The Balaban J connectivity index is 1.81. The van der Waals surface area contributed by atoms with E-state index >= 15 is 0 Å². The highest BCUT2D eigenvalue weighted by Crippen LogP contribution is 2.05. The van der Waals surface area contributed by atoms with E-state index in [0.717, 1.165) is 18.5 Å². The molecule has 1 saturated heterocycles. The number of nitrogens with zero attached hydrogens (tertiary/aromatic N) is 2. The molecule has 6 heteroatoms. The maximum Gasteiger partial charge on any atom is 0.317 e. The highest BCUT2D eigenvalue weighted by atomic mass is 16.3. The van der Waals surface area contributed by atoms with Crippen molar-refractivity contribution < 1.29 is 14.0 Å². The molecule has 19 heavy (non-hydrogen) atoms. The monoisotopic (exact) mass is 265 g/mol. The predicted molar refractivity (Wildman–Crippen MR) is 69.4 cm³/mol. The van der Waals surface area contributed by atoms with E-state index in [1.165, 1.54) is 0 Å². The van der Waals surface area contributed by atoms with E-state index in [0.29, 0.717) is 26.2 Å². The first-order chi connectivity index (χ1) is 9.16. The van der Waals surface area contributed by atoms with Gasteiger partial charge in [-0.05, 0) is 12.5 Å². The Bertz CT molecular complexity index is 430. The lowest BCUT2D eigenvalue weighted by Gasteiger charge is -2.21. The van der Waals surface area contributed by atoms with E-state index in [4.69, 9.17) is 4.42 Å². The lowest BCUT2D eigenvalue weighted by Crippen LogP contribution is -2.42. The fourth-order valence-corrected chi connectivity index (χ4v) is 2.12. The van der Waals surface area contributed by atoms with Crippen LogP contribution < -0.4 is 5.32 Å². The van der Waals surface area contributed by atoms with Crippen molar-refractivity contribution in [3.63, 3.8) is 0 Å². The summed E-state index contributed by atoms with van der Waals surface area (Å²) in [4.78, 5) is 26.8.